The van der Waals surface area contributed by atoms with E-state index < -0.39 is 7.14 Å². The molecule has 0 fully saturated rings. The van der Waals surface area contributed by atoms with Crippen molar-refractivity contribution in [1.29, 1.82) is 0 Å². The topological polar surface area (TPSA) is 47.8 Å². The van der Waals surface area contributed by atoms with E-state index in [9.17, 15) is 0 Å². The van der Waals surface area contributed by atoms with Gasteiger partial charge in [-0.1, -0.05) is 164 Å². The molecule has 9 aromatic carbocycles. The second-order valence-corrected chi connectivity index (χ2v) is 17.9. The molecule has 0 bridgehead atoms. The van der Waals surface area contributed by atoms with Crippen molar-refractivity contribution in [2.45, 2.75) is 0 Å². The lowest BCUT2D eigenvalue weighted by atomic mass is 9.96. The van der Waals surface area contributed by atoms with E-state index in [0.717, 1.165) is 82.3 Å². The molecule has 4 nitrogen and oxygen atoms in total. The average molecular weight is 772 g/mol. The van der Waals surface area contributed by atoms with Gasteiger partial charge in [-0.3, -0.25) is 0 Å². The van der Waals surface area contributed by atoms with E-state index in [0.29, 0.717) is 5.82 Å². The lowest BCUT2D eigenvalue weighted by Crippen LogP contribution is -2.20. The van der Waals surface area contributed by atoms with Crippen LogP contribution in [0.2, 0.25) is 0 Å². The maximum absolute atomic E-state index is 15.5. The van der Waals surface area contributed by atoms with Gasteiger partial charge in [0, 0.05) is 54.5 Å². The van der Waals surface area contributed by atoms with Crippen molar-refractivity contribution in [3.8, 4) is 50.6 Å². The van der Waals surface area contributed by atoms with Crippen molar-refractivity contribution in [2.24, 2.45) is 0 Å². The van der Waals surface area contributed by atoms with Crippen LogP contribution in [0.4, 0.5) is 0 Å². The summed E-state index contributed by atoms with van der Waals surface area (Å²) in [5.74, 6) is 0.671. The first-order chi connectivity index (χ1) is 29.1. The molecular formula is C54H34N3OP. The quantitative estimate of drug-likeness (QED) is 0.164. The zero-order valence-corrected chi connectivity index (χ0v) is 32.7. The van der Waals surface area contributed by atoms with Crippen LogP contribution in [0, 0.1) is 0 Å². The predicted molar refractivity (Wildman–Crippen MR) is 246 cm³/mol. The van der Waals surface area contributed by atoms with Crippen LogP contribution in [0.3, 0.4) is 0 Å². The highest BCUT2D eigenvalue weighted by Gasteiger charge is 2.41. The predicted octanol–water partition coefficient (Wildman–Crippen LogP) is 12.5. The fourth-order valence-electron chi connectivity index (χ4n) is 9.32. The summed E-state index contributed by atoms with van der Waals surface area (Å²) < 4.78 is 17.8. The van der Waals surface area contributed by atoms with Gasteiger partial charge in [0.25, 0.3) is 0 Å². The van der Waals surface area contributed by atoms with Crippen LogP contribution in [0.25, 0.3) is 94.1 Å². The standard InChI is InChI=1S/C54H34N3OP/c58-59(40-15-2-1-3-16-40)49-24-11-8-20-46(49)51-50(59)34-33-44-43-18-7-10-23-48(43)57(53(44)51)39-31-29-38(30-32-39)54-55-47-22-9-6-19-45(47)52(56-54)37-27-25-36(26-28-37)42-21-12-14-35-13-4-5-17-41(35)42/h1-34H. The second kappa shape index (κ2) is 13.1. The van der Waals surface area contributed by atoms with E-state index in [1.165, 1.54) is 21.9 Å². The zero-order chi connectivity index (χ0) is 39.1. The average Bonchev–Trinajstić information content (AvgIpc) is 3.79. The summed E-state index contributed by atoms with van der Waals surface area (Å²) in [6.45, 7) is 0. The van der Waals surface area contributed by atoms with E-state index in [1.807, 2.05) is 54.6 Å². The third kappa shape index (κ3) is 5.07. The largest absolute Gasteiger partial charge is 0.309 e. The number of nitrogens with zero attached hydrogens (tertiary/aromatic N) is 3. The normalized spacial score (nSPS) is 14.6. The molecule has 59 heavy (non-hydrogen) atoms. The summed E-state index contributed by atoms with van der Waals surface area (Å²) in [6.07, 6.45) is 0. The van der Waals surface area contributed by atoms with E-state index in [4.69, 9.17) is 9.97 Å². The number of rotatable bonds is 5. The Bertz CT molecular complexity index is 3510. The van der Waals surface area contributed by atoms with Gasteiger partial charge in [0.15, 0.2) is 13.0 Å². The number of fused-ring (bicyclic) bond motifs is 9. The Morgan fingerprint density at radius 2 is 1.07 bits per heavy atom. The molecular weight excluding hydrogens is 738 g/mol. The first kappa shape index (κ1) is 33.7. The molecule has 5 heteroatoms. The summed E-state index contributed by atoms with van der Waals surface area (Å²) in [5, 5.41) is 8.41. The van der Waals surface area contributed by atoms with Gasteiger partial charge in [-0.25, -0.2) is 9.97 Å². The van der Waals surface area contributed by atoms with Crippen molar-refractivity contribution >= 4 is 66.5 Å². The summed E-state index contributed by atoms with van der Waals surface area (Å²) >= 11 is 0. The van der Waals surface area contributed by atoms with Crippen LogP contribution in [-0.2, 0) is 4.57 Å². The van der Waals surface area contributed by atoms with Gasteiger partial charge < -0.3 is 9.13 Å². The Hall–Kier alpha value is -7.39. The number of aromatic nitrogens is 3. The minimum Gasteiger partial charge on any atom is -0.309 e. The summed E-state index contributed by atoms with van der Waals surface area (Å²) in [7, 11) is -3.12. The van der Waals surface area contributed by atoms with E-state index in [1.54, 1.807) is 0 Å². The van der Waals surface area contributed by atoms with Crippen molar-refractivity contribution in [1.82, 2.24) is 14.5 Å². The van der Waals surface area contributed by atoms with Crippen LogP contribution < -0.4 is 15.9 Å². The smallest absolute Gasteiger partial charge is 0.172 e. The molecule has 1 unspecified atom stereocenters. The Morgan fingerprint density at radius 3 is 1.92 bits per heavy atom. The maximum Gasteiger partial charge on any atom is 0.172 e. The van der Waals surface area contributed by atoms with Gasteiger partial charge in [0.05, 0.1) is 22.2 Å². The molecule has 276 valence electrons. The fraction of sp³-hybridized carbons (Fsp3) is 0. The SMILES string of the molecule is O=P1(c2ccccc2)c2ccccc2-c2c1ccc1c3ccccc3n(-c3ccc(-c4nc(-c5ccc(-c6cccc7ccccc67)cc5)c5ccccc5n4)cc3)c21. The summed E-state index contributed by atoms with van der Waals surface area (Å²) in [4.78, 5) is 10.3. The van der Waals surface area contributed by atoms with Crippen molar-refractivity contribution < 1.29 is 4.57 Å². The molecule has 12 rings (SSSR count). The molecule has 2 aromatic heterocycles. The van der Waals surface area contributed by atoms with Gasteiger partial charge in [-0.05, 0) is 69.9 Å². The van der Waals surface area contributed by atoms with Gasteiger partial charge >= 0.3 is 0 Å². The first-order valence-corrected chi connectivity index (χ1v) is 21.6. The van der Waals surface area contributed by atoms with Gasteiger partial charge in [0.1, 0.15) is 0 Å². The van der Waals surface area contributed by atoms with Crippen LogP contribution in [-0.4, -0.2) is 14.5 Å². The maximum atomic E-state index is 15.5. The Morgan fingerprint density at radius 1 is 0.424 bits per heavy atom. The molecule has 1 aliphatic heterocycles. The molecule has 11 aromatic rings. The lowest BCUT2D eigenvalue weighted by molar-refractivity contribution is 0.593. The molecule has 0 aliphatic carbocycles. The third-order valence-electron chi connectivity index (χ3n) is 12.0. The van der Waals surface area contributed by atoms with Crippen LogP contribution in [0.15, 0.2) is 206 Å². The first-order valence-electron chi connectivity index (χ1n) is 19.9. The third-order valence-corrected chi connectivity index (χ3v) is 15.2. The molecule has 0 spiro atoms. The van der Waals surface area contributed by atoms with Crippen LogP contribution in [0.1, 0.15) is 0 Å². The molecule has 1 aliphatic rings. The molecule has 0 amide bonds. The summed E-state index contributed by atoms with van der Waals surface area (Å²) in [6, 6.07) is 71.6. The molecule has 0 saturated heterocycles. The second-order valence-electron chi connectivity index (χ2n) is 15.2. The monoisotopic (exact) mass is 771 g/mol. The number of benzene rings is 9. The number of hydrogen-bond acceptors (Lipinski definition) is 3. The van der Waals surface area contributed by atoms with Crippen molar-refractivity contribution in [3.05, 3.63) is 206 Å². The molecule has 0 N–H and O–H groups in total. The fourth-order valence-corrected chi connectivity index (χ4v) is 12.4. The molecule has 3 heterocycles. The Kier molecular flexibility index (Phi) is 7.47. The highest BCUT2D eigenvalue weighted by Crippen LogP contribution is 2.54. The molecule has 1 atom stereocenters. The lowest BCUT2D eigenvalue weighted by Gasteiger charge is -2.16. The molecule has 0 radical (unpaired) electrons. The Labute approximate surface area is 341 Å². The van der Waals surface area contributed by atoms with Crippen LogP contribution in [0.5, 0.6) is 0 Å². The minimum atomic E-state index is -3.12. The van der Waals surface area contributed by atoms with Gasteiger partial charge in [0.2, 0.25) is 0 Å². The minimum absolute atomic E-state index is 0.671. The Balaban J connectivity index is 0.996. The highest BCUT2D eigenvalue weighted by molar-refractivity contribution is 7.86. The van der Waals surface area contributed by atoms with Gasteiger partial charge in [-0.15, -0.1) is 0 Å². The highest BCUT2D eigenvalue weighted by atomic mass is 31.2. The van der Waals surface area contributed by atoms with Gasteiger partial charge in [-0.2, -0.15) is 0 Å². The molecule has 0 saturated carbocycles. The van der Waals surface area contributed by atoms with Crippen molar-refractivity contribution in [2.75, 3.05) is 0 Å². The number of hydrogen-bond donors (Lipinski definition) is 0. The summed E-state index contributed by atoms with van der Waals surface area (Å²) in [5.41, 5.74) is 11.4. The van der Waals surface area contributed by atoms with E-state index in [2.05, 4.69) is 156 Å². The number of para-hydroxylation sites is 2. The van der Waals surface area contributed by atoms with Crippen molar-refractivity contribution in [3.63, 3.8) is 0 Å². The van der Waals surface area contributed by atoms with E-state index in [-0.39, 0.29) is 0 Å². The van der Waals surface area contributed by atoms with Crippen LogP contribution >= 0.6 is 7.14 Å². The van der Waals surface area contributed by atoms with E-state index >= 15 is 4.57 Å². The zero-order valence-electron chi connectivity index (χ0n) is 31.8.